The molecule has 1 rings (SSSR count). The van der Waals surface area contributed by atoms with Crippen molar-refractivity contribution in [3.8, 4) is 6.07 Å². The van der Waals surface area contributed by atoms with Gasteiger partial charge < -0.3 is 4.98 Å². The molecule has 0 spiro atoms. The quantitative estimate of drug-likeness (QED) is 0.552. The van der Waals surface area contributed by atoms with Crippen LogP contribution < -0.4 is 11.2 Å². The fourth-order valence-electron chi connectivity index (χ4n) is 0.671. The minimum Gasteiger partial charge on any atom is -0.314 e. The second-order valence-electron chi connectivity index (χ2n) is 1.99. The summed E-state index contributed by atoms with van der Waals surface area (Å²) in [6, 6.07) is 1.73. The average molecular weight is 163 g/mol. The van der Waals surface area contributed by atoms with Gasteiger partial charge in [0.25, 0.3) is 5.56 Å². The van der Waals surface area contributed by atoms with Gasteiger partial charge >= 0.3 is 5.69 Å². The molecule has 0 aromatic carbocycles. The number of allylic oxidation sites excluding steroid dienone is 1. The van der Waals surface area contributed by atoms with Gasteiger partial charge in [0.15, 0.2) is 0 Å². The molecule has 0 aliphatic rings. The molecule has 0 bridgehead atoms. The summed E-state index contributed by atoms with van der Waals surface area (Å²) >= 11 is 0. The second-order valence-corrected chi connectivity index (χ2v) is 1.99. The maximum Gasteiger partial charge on any atom is 0.325 e. The number of H-pyrrole nitrogens is 2. The summed E-state index contributed by atoms with van der Waals surface area (Å²) in [5.74, 6) is 0. The van der Waals surface area contributed by atoms with Crippen LogP contribution in [0.15, 0.2) is 21.9 Å². The van der Waals surface area contributed by atoms with E-state index in [2.05, 4.69) is 4.98 Å². The van der Waals surface area contributed by atoms with Crippen LogP contribution >= 0.6 is 0 Å². The molecule has 0 radical (unpaired) electrons. The molecule has 60 valence electrons. The summed E-state index contributed by atoms with van der Waals surface area (Å²) in [5.41, 5.74) is -0.824. The van der Waals surface area contributed by atoms with Crippen molar-refractivity contribution < 1.29 is 0 Å². The van der Waals surface area contributed by atoms with Crippen molar-refractivity contribution in [3.05, 3.63) is 38.7 Å². The zero-order valence-corrected chi connectivity index (χ0v) is 6.00. The third-order valence-corrected chi connectivity index (χ3v) is 1.19. The normalized spacial score (nSPS) is 9.92. The molecule has 2 N–H and O–H groups in total. The third-order valence-electron chi connectivity index (χ3n) is 1.19. The van der Waals surface area contributed by atoms with E-state index in [0.717, 1.165) is 6.08 Å². The number of nitrogens with one attached hydrogen (secondary N) is 2. The minimum atomic E-state index is -0.561. The summed E-state index contributed by atoms with van der Waals surface area (Å²) in [6.07, 6.45) is 3.71. The third kappa shape index (κ3) is 1.70. The van der Waals surface area contributed by atoms with Gasteiger partial charge in [-0.05, 0) is 6.08 Å². The Balaban J connectivity index is 3.21. The Morgan fingerprint density at radius 2 is 2.25 bits per heavy atom. The summed E-state index contributed by atoms with van der Waals surface area (Å²) in [6.45, 7) is 0. The standard InChI is InChI=1S/C7H5N3O2/c8-3-1-2-5-4-9-7(12)10-6(5)11/h1-2,4H,(H2,9,10,11,12)/b2-1+. The molecule has 12 heavy (non-hydrogen) atoms. The van der Waals surface area contributed by atoms with Crippen LogP contribution in [0.3, 0.4) is 0 Å². The predicted molar refractivity (Wildman–Crippen MR) is 42.3 cm³/mol. The fraction of sp³-hybridized carbons (Fsp3) is 0. The van der Waals surface area contributed by atoms with Crippen molar-refractivity contribution in [1.82, 2.24) is 9.97 Å². The molecule has 0 amide bonds. The lowest BCUT2D eigenvalue weighted by Gasteiger charge is -1.87. The van der Waals surface area contributed by atoms with Gasteiger partial charge in [0.05, 0.1) is 11.6 Å². The Morgan fingerprint density at radius 1 is 1.50 bits per heavy atom. The molecule has 1 aromatic rings. The van der Waals surface area contributed by atoms with Gasteiger partial charge in [-0.25, -0.2) is 4.79 Å². The lowest BCUT2D eigenvalue weighted by Crippen LogP contribution is -2.22. The lowest BCUT2D eigenvalue weighted by molar-refractivity contribution is 1.03. The first-order valence-electron chi connectivity index (χ1n) is 3.12. The second kappa shape index (κ2) is 3.34. The first-order valence-corrected chi connectivity index (χ1v) is 3.12. The Bertz CT molecular complexity index is 447. The summed E-state index contributed by atoms with van der Waals surface area (Å²) in [7, 11) is 0. The Labute approximate surface area is 67.0 Å². The SMILES string of the molecule is N#C/C=C/c1c[nH]c(=O)[nH]c1=O. The van der Waals surface area contributed by atoms with E-state index in [4.69, 9.17) is 5.26 Å². The molecule has 0 saturated heterocycles. The van der Waals surface area contributed by atoms with Crippen LogP contribution in [0.4, 0.5) is 0 Å². The van der Waals surface area contributed by atoms with Crippen LogP contribution in [0.1, 0.15) is 5.56 Å². The van der Waals surface area contributed by atoms with Gasteiger partial charge in [-0.1, -0.05) is 0 Å². The molecule has 0 saturated carbocycles. The minimum absolute atomic E-state index is 0.246. The Morgan fingerprint density at radius 3 is 2.83 bits per heavy atom. The van der Waals surface area contributed by atoms with E-state index in [0.29, 0.717) is 0 Å². The van der Waals surface area contributed by atoms with Crippen LogP contribution in [-0.2, 0) is 0 Å². The number of nitrogens with zero attached hydrogens (tertiary/aromatic N) is 1. The highest BCUT2D eigenvalue weighted by Gasteiger charge is 1.93. The molecule has 0 atom stereocenters. The van der Waals surface area contributed by atoms with E-state index in [-0.39, 0.29) is 5.56 Å². The molecule has 0 aliphatic heterocycles. The van der Waals surface area contributed by atoms with Crippen LogP contribution in [0.25, 0.3) is 6.08 Å². The molecule has 1 heterocycles. The van der Waals surface area contributed by atoms with E-state index in [1.807, 2.05) is 4.98 Å². The first kappa shape index (κ1) is 8.01. The van der Waals surface area contributed by atoms with Crippen molar-refractivity contribution in [2.24, 2.45) is 0 Å². The monoisotopic (exact) mass is 163 g/mol. The van der Waals surface area contributed by atoms with Crippen molar-refractivity contribution in [2.75, 3.05) is 0 Å². The van der Waals surface area contributed by atoms with Crippen LogP contribution in [0, 0.1) is 11.3 Å². The maximum absolute atomic E-state index is 10.9. The van der Waals surface area contributed by atoms with Crippen LogP contribution in [0.2, 0.25) is 0 Å². The number of hydrogen-bond acceptors (Lipinski definition) is 3. The molecular formula is C7H5N3O2. The molecule has 0 fully saturated rings. The highest BCUT2D eigenvalue weighted by Crippen LogP contribution is 1.87. The molecule has 5 heteroatoms. The van der Waals surface area contributed by atoms with Crippen molar-refractivity contribution in [2.45, 2.75) is 0 Å². The van der Waals surface area contributed by atoms with E-state index in [9.17, 15) is 9.59 Å². The number of aromatic nitrogens is 2. The van der Waals surface area contributed by atoms with Crippen LogP contribution in [-0.4, -0.2) is 9.97 Å². The Hall–Kier alpha value is -2.09. The zero-order chi connectivity index (χ0) is 8.97. The van der Waals surface area contributed by atoms with E-state index < -0.39 is 11.2 Å². The van der Waals surface area contributed by atoms with Crippen molar-refractivity contribution >= 4 is 6.08 Å². The van der Waals surface area contributed by atoms with E-state index in [1.54, 1.807) is 6.07 Å². The van der Waals surface area contributed by atoms with Crippen LogP contribution in [0.5, 0.6) is 0 Å². The number of rotatable bonds is 1. The molecular weight excluding hydrogens is 158 g/mol. The van der Waals surface area contributed by atoms with Crippen molar-refractivity contribution in [3.63, 3.8) is 0 Å². The predicted octanol–water partition coefficient (Wildman–Crippen LogP) is -0.400. The topological polar surface area (TPSA) is 89.5 Å². The first-order chi connectivity index (χ1) is 5.74. The number of nitriles is 1. The number of hydrogen-bond donors (Lipinski definition) is 2. The summed E-state index contributed by atoms with van der Waals surface area (Å²) in [4.78, 5) is 25.7. The van der Waals surface area contributed by atoms with Gasteiger partial charge in [-0.3, -0.25) is 9.78 Å². The van der Waals surface area contributed by atoms with Gasteiger partial charge in [-0.2, -0.15) is 5.26 Å². The zero-order valence-electron chi connectivity index (χ0n) is 6.00. The fourth-order valence-corrected chi connectivity index (χ4v) is 0.671. The molecule has 0 unspecified atom stereocenters. The molecule has 0 aliphatic carbocycles. The number of aromatic amines is 2. The van der Waals surface area contributed by atoms with E-state index in [1.165, 1.54) is 12.3 Å². The molecule has 5 nitrogen and oxygen atoms in total. The maximum atomic E-state index is 10.9. The molecule has 1 aromatic heterocycles. The largest absolute Gasteiger partial charge is 0.325 e. The summed E-state index contributed by atoms with van der Waals surface area (Å²) < 4.78 is 0. The van der Waals surface area contributed by atoms with Gasteiger partial charge in [0.1, 0.15) is 0 Å². The lowest BCUT2D eigenvalue weighted by atomic mass is 10.3. The smallest absolute Gasteiger partial charge is 0.314 e. The summed E-state index contributed by atoms with van der Waals surface area (Å²) in [5, 5.41) is 8.15. The highest BCUT2D eigenvalue weighted by atomic mass is 16.2. The van der Waals surface area contributed by atoms with Gasteiger partial charge in [-0.15, -0.1) is 0 Å². The van der Waals surface area contributed by atoms with Gasteiger partial charge in [0, 0.05) is 12.3 Å². The highest BCUT2D eigenvalue weighted by molar-refractivity contribution is 5.48. The van der Waals surface area contributed by atoms with Gasteiger partial charge in [0.2, 0.25) is 0 Å². The van der Waals surface area contributed by atoms with Crippen molar-refractivity contribution in [1.29, 1.82) is 5.26 Å². The van der Waals surface area contributed by atoms with E-state index >= 15 is 0 Å². The average Bonchev–Trinajstić information content (AvgIpc) is 2.03. The Kier molecular flexibility index (Phi) is 2.23.